The van der Waals surface area contributed by atoms with Crippen molar-refractivity contribution in [3.63, 3.8) is 0 Å². The molecule has 0 spiro atoms. The van der Waals surface area contributed by atoms with Crippen molar-refractivity contribution in [3.8, 4) is 23.0 Å². The van der Waals surface area contributed by atoms with Crippen LogP contribution in [0.1, 0.15) is 18.5 Å². The Morgan fingerprint density at radius 2 is 2.04 bits per heavy atom. The number of halogens is 1. The third kappa shape index (κ3) is 4.53. The van der Waals surface area contributed by atoms with E-state index in [1.54, 1.807) is 30.3 Å². The maximum Gasteiger partial charge on any atom is 0.299 e. The lowest BCUT2D eigenvalue weighted by atomic mass is 9.98. The molecule has 0 N–H and O–H groups in total. The van der Waals surface area contributed by atoms with Crippen molar-refractivity contribution in [1.82, 2.24) is 14.2 Å². The monoisotopic (exact) mass is 417 g/mol. The van der Waals surface area contributed by atoms with Gasteiger partial charge in [0.1, 0.15) is 0 Å². The Morgan fingerprint density at radius 1 is 1.25 bits per heavy atom. The lowest BCUT2D eigenvalue weighted by molar-refractivity contribution is -0.129. The normalized spacial score (nSPS) is 17.7. The first-order chi connectivity index (χ1) is 13.3. The van der Waals surface area contributed by atoms with Crippen molar-refractivity contribution >= 4 is 27.5 Å². The van der Waals surface area contributed by atoms with E-state index in [0.29, 0.717) is 5.02 Å². The molecule has 1 aromatic heterocycles. The Bertz CT molecular complexity index is 1050. The standard InChI is InChI=1S/C20H20ClN3O3S/c1-3-5-20(25)24-9-8-23(28(2,26)27)14-19(24)17-10-16(11-18(21)12-17)15-6-4-7-22-13-15/h4,6-7,10-13,19H,8-9,14H2,1-2H3/t19-/m1/s1. The van der Waals surface area contributed by atoms with Crippen molar-refractivity contribution in [2.24, 2.45) is 0 Å². The van der Waals surface area contributed by atoms with E-state index < -0.39 is 16.1 Å². The van der Waals surface area contributed by atoms with Crippen LogP contribution >= 0.6 is 11.6 Å². The van der Waals surface area contributed by atoms with Gasteiger partial charge in [-0.2, -0.15) is 4.31 Å². The highest BCUT2D eigenvalue weighted by atomic mass is 35.5. The molecule has 1 saturated heterocycles. The summed E-state index contributed by atoms with van der Waals surface area (Å²) in [5, 5.41) is 0.502. The van der Waals surface area contributed by atoms with Crippen LogP contribution in [0.25, 0.3) is 11.1 Å². The fourth-order valence-corrected chi connectivity index (χ4v) is 4.34. The number of hydrogen-bond acceptors (Lipinski definition) is 4. The highest BCUT2D eigenvalue weighted by Gasteiger charge is 2.34. The predicted octanol–water partition coefficient (Wildman–Crippen LogP) is 2.57. The predicted molar refractivity (Wildman–Crippen MR) is 109 cm³/mol. The first-order valence-corrected chi connectivity index (χ1v) is 10.9. The zero-order chi connectivity index (χ0) is 20.3. The third-order valence-corrected chi connectivity index (χ3v) is 6.09. The van der Waals surface area contributed by atoms with Gasteiger partial charge in [0.05, 0.1) is 12.3 Å². The minimum atomic E-state index is -3.38. The van der Waals surface area contributed by atoms with Crippen LogP contribution in [0.15, 0.2) is 42.7 Å². The molecule has 1 aromatic carbocycles. The molecule has 3 rings (SSSR count). The van der Waals surface area contributed by atoms with Crippen LogP contribution in [0.4, 0.5) is 0 Å². The summed E-state index contributed by atoms with van der Waals surface area (Å²) in [6.07, 6.45) is 4.58. The van der Waals surface area contributed by atoms with Gasteiger partial charge in [-0.15, -0.1) is 0 Å². The second kappa shape index (κ2) is 8.31. The maximum absolute atomic E-state index is 12.5. The van der Waals surface area contributed by atoms with Crippen LogP contribution in [0.2, 0.25) is 5.02 Å². The Balaban J connectivity index is 2.06. The zero-order valence-corrected chi connectivity index (χ0v) is 17.2. The molecule has 1 aliphatic heterocycles. The first kappa shape index (κ1) is 20.3. The first-order valence-electron chi connectivity index (χ1n) is 8.69. The lowest BCUT2D eigenvalue weighted by Gasteiger charge is -2.40. The van der Waals surface area contributed by atoms with Crippen LogP contribution in [-0.2, 0) is 14.8 Å². The average Bonchev–Trinajstić information content (AvgIpc) is 2.67. The van der Waals surface area contributed by atoms with Crippen LogP contribution < -0.4 is 0 Å². The number of nitrogens with zero attached hydrogens (tertiary/aromatic N) is 3. The van der Waals surface area contributed by atoms with Gasteiger partial charge < -0.3 is 4.90 Å². The van der Waals surface area contributed by atoms with Gasteiger partial charge in [-0.25, -0.2) is 8.42 Å². The minimum absolute atomic E-state index is 0.156. The molecular formula is C20H20ClN3O3S. The molecular weight excluding hydrogens is 398 g/mol. The molecule has 0 aliphatic carbocycles. The lowest BCUT2D eigenvalue weighted by Crippen LogP contribution is -2.51. The molecule has 1 amide bonds. The van der Waals surface area contributed by atoms with Gasteiger partial charge in [0, 0.05) is 42.6 Å². The summed E-state index contributed by atoms with van der Waals surface area (Å²) in [6, 6.07) is 8.76. The molecule has 1 aliphatic rings. The summed E-state index contributed by atoms with van der Waals surface area (Å²) in [7, 11) is -3.38. The van der Waals surface area contributed by atoms with Gasteiger partial charge in [-0.3, -0.25) is 9.78 Å². The number of hydrogen-bond donors (Lipinski definition) is 0. The number of carbonyl (C=O) groups excluding carboxylic acids is 1. The SMILES string of the molecule is CC#CC(=O)N1CCN(S(C)(=O)=O)C[C@@H]1c1cc(Cl)cc(-c2cccnc2)c1. The van der Waals surface area contributed by atoms with E-state index in [9.17, 15) is 13.2 Å². The Hall–Kier alpha value is -2.40. The number of benzene rings is 1. The second-order valence-corrected chi connectivity index (χ2v) is 8.94. The van der Waals surface area contributed by atoms with Gasteiger partial charge in [0.2, 0.25) is 10.0 Å². The largest absolute Gasteiger partial charge is 0.322 e. The van der Waals surface area contributed by atoms with Gasteiger partial charge >= 0.3 is 0 Å². The summed E-state index contributed by atoms with van der Waals surface area (Å²) in [5.41, 5.74) is 2.49. The number of pyridine rings is 1. The highest BCUT2D eigenvalue weighted by molar-refractivity contribution is 7.88. The van der Waals surface area contributed by atoms with Crippen molar-refractivity contribution in [2.75, 3.05) is 25.9 Å². The topological polar surface area (TPSA) is 70.6 Å². The molecule has 0 unspecified atom stereocenters. The van der Waals surface area contributed by atoms with Crippen molar-refractivity contribution < 1.29 is 13.2 Å². The molecule has 0 saturated carbocycles. The number of aromatic nitrogens is 1. The van der Waals surface area contributed by atoms with Gasteiger partial charge in [-0.05, 0) is 48.2 Å². The van der Waals surface area contributed by atoms with Gasteiger partial charge in [0.25, 0.3) is 5.91 Å². The minimum Gasteiger partial charge on any atom is -0.322 e. The van der Waals surface area contributed by atoms with Crippen molar-refractivity contribution in [3.05, 3.63) is 53.3 Å². The Morgan fingerprint density at radius 3 is 2.68 bits per heavy atom. The summed E-state index contributed by atoms with van der Waals surface area (Å²) in [4.78, 5) is 18.3. The smallest absolute Gasteiger partial charge is 0.299 e. The van der Waals surface area contributed by atoms with Crippen LogP contribution in [0.5, 0.6) is 0 Å². The number of amides is 1. The molecule has 28 heavy (non-hydrogen) atoms. The molecule has 1 atom stereocenters. The van der Waals surface area contributed by atoms with Crippen LogP contribution in [0, 0.1) is 11.8 Å². The number of piperazine rings is 1. The van der Waals surface area contributed by atoms with E-state index >= 15 is 0 Å². The van der Waals surface area contributed by atoms with Crippen molar-refractivity contribution in [2.45, 2.75) is 13.0 Å². The fourth-order valence-electron chi connectivity index (χ4n) is 3.27. The van der Waals surface area contributed by atoms with E-state index in [2.05, 4.69) is 16.8 Å². The van der Waals surface area contributed by atoms with E-state index in [-0.39, 0.29) is 25.5 Å². The van der Waals surface area contributed by atoms with Crippen LogP contribution in [0.3, 0.4) is 0 Å². The van der Waals surface area contributed by atoms with E-state index in [1.165, 1.54) is 10.6 Å². The highest BCUT2D eigenvalue weighted by Crippen LogP contribution is 2.32. The second-order valence-electron chi connectivity index (χ2n) is 6.53. The summed E-state index contributed by atoms with van der Waals surface area (Å²) in [6.45, 7) is 2.25. The maximum atomic E-state index is 12.5. The van der Waals surface area contributed by atoms with Crippen molar-refractivity contribution in [1.29, 1.82) is 0 Å². The molecule has 0 bridgehead atoms. The summed E-state index contributed by atoms with van der Waals surface area (Å²) < 4.78 is 25.5. The molecule has 6 nitrogen and oxygen atoms in total. The number of rotatable bonds is 3. The Labute approximate surface area is 170 Å². The van der Waals surface area contributed by atoms with E-state index in [1.807, 2.05) is 24.3 Å². The van der Waals surface area contributed by atoms with E-state index in [4.69, 9.17) is 11.6 Å². The zero-order valence-electron chi connectivity index (χ0n) is 15.6. The average molecular weight is 418 g/mol. The van der Waals surface area contributed by atoms with E-state index in [0.717, 1.165) is 16.7 Å². The molecule has 1 fully saturated rings. The molecule has 0 radical (unpaired) electrons. The molecule has 8 heteroatoms. The summed E-state index contributed by atoms with van der Waals surface area (Å²) >= 11 is 6.35. The van der Waals surface area contributed by atoms with Crippen LogP contribution in [-0.4, -0.2) is 54.4 Å². The molecule has 2 aromatic rings. The third-order valence-electron chi connectivity index (χ3n) is 4.60. The van der Waals surface area contributed by atoms with Gasteiger partial charge in [-0.1, -0.05) is 23.6 Å². The number of sulfonamides is 1. The van der Waals surface area contributed by atoms with Gasteiger partial charge in [0.15, 0.2) is 0 Å². The fraction of sp³-hybridized carbons (Fsp3) is 0.300. The quantitative estimate of drug-likeness (QED) is 0.719. The summed E-state index contributed by atoms with van der Waals surface area (Å²) in [5.74, 6) is 4.84. The molecule has 146 valence electrons. The molecule has 2 heterocycles. The Kier molecular flexibility index (Phi) is 6.04. The number of carbonyl (C=O) groups is 1.